The topological polar surface area (TPSA) is 94.9 Å². The van der Waals surface area contributed by atoms with Crippen molar-refractivity contribution in [2.24, 2.45) is 7.05 Å². The number of amides is 1. The number of thiophene rings is 1. The molecule has 3 heterocycles. The molecular weight excluding hydrogens is 398 g/mol. The number of nitrogens with zero attached hydrogens (tertiary/aromatic N) is 3. The van der Waals surface area contributed by atoms with Gasteiger partial charge in [-0.3, -0.25) is 14.3 Å². The number of aromatic nitrogens is 3. The predicted molar refractivity (Wildman–Crippen MR) is 122 cm³/mol. The van der Waals surface area contributed by atoms with Gasteiger partial charge in [0.05, 0.1) is 17.1 Å². The molecule has 4 aromatic rings. The van der Waals surface area contributed by atoms with E-state index in [1.54, 1.807) is 18.7 Å². The Balaban J connectivity index is 1.73. The Morgan fingerprint density at radius 1 is 1.17 bits per heavy atom. The summed E-state index contributed by atoms with van der Waals surface area (Å²) in [5, 5.41) is 3.53. The van der Waals surface area contributed by atoms with E-state index in [9.17, 15) is 9.59 Å². The number of carbonyl (C=O) groups excluding carboxylic acids is 1. The summed E-state index contributed by atoms with van der Waals surface area (Å²) in [6, 6.07) is 13.1. The van der Waals surface area contributed by atoms with Crippen molar-refractivity contribution in [1.82, 2.24) is 14.3 Å². The zero-order chi connectivity index (χ0) is 21.6. The number of fused-ring (bicyclic) bond motifs is 1. The van der Waals surface area contributed by atoms with Crippen LogP contribution in [0.2, 0.25) is 0 Å². The minimum absolute atomic E-state index is 0.235. The van der Waals surface area contributed by atoms with Crippen molar-refractivity contribution >= 4 is 38.8 Å². The summed E-state index contributed by atoms with van der Waals surface area (Å²) in [5.41, 5.74) is 8.88. The highest BCUT2D eigenvalue weighted by atomic mass is 32.1. The third-order valence-electron chi connectivity index (χ3n) is 5.21. The van der Waals surface area contributed by atoms with Crippen LogP contribution >= 0.6 is 11.3 Å². The number of benzene rings is 1. The van der Waals surface area contributed by atoms with E-state index in [1.807, 2.05) is 42.5 Å². The Kier molecular flexibility index (Phi) is 4.95. The van der Waals surface area contributed by atoms with E-state index in [-0.39, 0.29) is 17.2 Å². The zero-order valence-corrected chi connectivity index (χ0v) is 18.1. The standard InChI is InChI=1S/C22H23N5O2S/c1-12(2)16-11-10-15-17(23)19(30-21(15)24-16)20(28)25-18-13(3)26(4)27(22(18)29)14-8-6-5-7-9-14/h5-12H,23H2,1-4H3,(H,25,28). The van der Waals surface area contributed by atoms with Crippen LogP contribution in [-0.2, 0) is 7.05 Å². The average Bonchev–Trinajstić information content (AvgIpc) is 3.17. The molecule has 154 valence electrons. The summed E-state index contributed by atoms with van der Waals surface area (Å²) in [6.45, 7) is 5.92. The van der Waals surface area contributed by atoms with E-state index < -0.39 is 5.91 Å². The van der Waals surface area contributed by atoms with Crippen LogP contribution < -0.4 is 16.6 Å². The van der Waals surface area contributed by atoms with Crippen LogP contribution in [0.1, 0.15) is 40.8 Å². The van der Waals surface area contributed by atoms with Gasteiger partial charge in [-0.1, -0.05) is 32.0 Å². The first-order valence-electron chi connectivity index (χ1n) is 9.64. The van der Waals surface area contributed by atoms with E-state index in [2.05, 4.69) is 24.1 Å². The van der Waals surface area contributed by atoms with Gasteiger partial charge >= 0.3 is 0 Å². The fourth-order valence-electron chi connectivity index (χ4n) is 3.38. The van der Waals surface area contributed by atoms with Gasteiger partial charge in [0.1, 0.15) is 15.4 Å². The smallest absolute Gasteiger partial charge is 0.295 e. The fourth-order valence-corrected chi connectivity index (χ4v) is 4.38. The second-order valence-electron chi connectivity index (χ2n) is 7.48. The minimum Gasteiger partial charge on any atom is -0.397 e. The Morgan fingerprint density at radius 2 is 1.87 bits per heavy atom. The molecule has 0 aliphatic rings. The molecule has 0 bridgehead atoms. The van der Waals surface area contributed by atoms with Crippen LogP contribution in [0.15, 0.2) is 47.3 Å². The Hall–Kier alpha value is -3.39. The number of carbonyl (C=O) groups is 1. The molecule has 4 rings (SSSR count). The lowest BCUT2D eigenvalue weighted by molar-refractivity contribution is 0.103. The van der Waals surface area contributed by atoms with Gasteiger partial charge in [-0.25, -0.2) is 9.67 Å². The van der Waals surface area contributed by atoms with Crippen molar-refractivity contribution in [3.8, 4) is 5.69 Å². The first kappa shape index (κ1) is 19.9. The van der Waals surface area contributed by atoms with E-state index in [4.69, 9.17) is 5.73 Å². The Morgan fingerprint density at radius 3 is 2.53 bits per heavy atom. The highest BCUT2D eigenvalue weighted by Gasteiger charge is 2.22. The van der Waals surface area contributed by atoms with Crippen molar-refractivity contribution in [1.29, 1.82) is 0 Å². The molecule has 1 amide bonds. The first-order valence-corrected chi connectivity index (χ1v) is 10.5. The number of nitrogens with one attached hydrogen (secondary N) is 1. The summed E-state index contributed by atoms with van der Waals surface area (Å²) < 4.78 is 3.24. The molecule has 7 nitrogen and oxygen atoms in total. The number of nitrogens with two attached hydrogens (primary N) is 1. The van der Waals surface area contributed by atoms with Crippen LogP contribution in [0, 0.1) is 6.92 Å². The maximum atomic E-state index is 13.0. The molecule has 3 aromatic heterocycles. The highest BCUT2D eigenvalue weighted by molar-refractivity contribution is 7.21. The van der Waals surface area contributed by atoms with Gasteiger partial charge in [-0.2, -0.15) is 0 Å². The summed E-state index contributed by atoms with van der Waals surface area (Å²) >= 11 is 1.24. The SMILES string of the molecule is Cc1c(NC(=O)c2sc3nc(C(C)C)ccc3c2N)c(=O)n(-c2ccccc2)n1C. The fraction of sp³-hybridized carbons (Fsp3) is 0.227. The number of anilines is 2. The van der Waals surface area contributed by atoms with Gasteiger partial charge in [0.15, 0.2) is 0 Å². The molecule has 0 spiro atoms. The first-order chi connectivity index (χ1) is 14.3. The van der Waals surface area contributed by atoms with Crippen LogP contribution in [-0.4, -0.2) is 20.3 Å². The van der Waals surface area contributed by atoms with Gasteiger partial charge in [0.2, 0.25) is 0 Å². The third kappa shape index (κ3) is 3.19. The predicted octanol–water partition coefficient (Wildman–Crippen LogP) is 4.05. The molecule has 0 fully saturated rings. The van der Waals surface area contributed by atoms with Crippen molar-refractivity contribution < 1.29 is 4.79 Å². The molecule has 0 atom stereocenters. The van der Waals surface area contributed by atoms with E-state index in [0.717, 1.165) is 21.6 Å². The van der Waals surface area contributed by atoms with Crippen molar-refractivity contribution in [2.45, 2.75) is 26.7 Å². The number of rotatable bonds is 4. The second kappa shape index (κ2) is 7.46. The molecular formula is C22H23N5O2S. The summed E-state index contributed by atoms with van der Waals surface area (Å²) in [6.07, 6.45) is 0. The lowest BCUT2D eigenvalue weighted by Crippen LogP contribution is -2.22. The van der Waals surface area contributed by atoms with E-state index in [0.29, 0.717) is 16.3 Å². The average molecular weight is 422 g/mol. The lowest BCUT2D eigenvalue weighted by Gasteiger charge is -2.07. The number of hydrogen-bond donors (Lipinski definition) is 2. The van der Waals surface area contributed by atoms with Gasteiger partial charge in [-0.15, -0.1) is 11.3 Å². The van der Waals surface area contributed by atoms with Crippen LogP contribution in [0.3, 0.4) is 0 Å². The number of nitrogen functional groups attached to an aromatic ring is 1. The quantitative estimate of drug-likeness (QED) is 0.520. The molecule has 0 saturated heterocycles. The highest BCUT2D eigenvalue weighted by Crippen LogP contribution is 2.34. The summed E-state index contributed by atoms with van der Waals surface area (Å²) in [5.74, 6) is -0.133. The van der Waals surface area contributed by atoms with Gasteiger partial charge in [0, 0.05) is 18.1 Å². The molecule has 1 aromatic carbocycles. The number of hydrogen-bond acceptors (Lipinski definition) is 5. The number of para-hydroxylation sites is 1. The van der Waals surface area contributed by atoms with Crippen LogP contribution in [0.4, 0.5) is 11.4 Å². The molecule has 0 saturated carbocycles. The van der Waals surface area contributed by atoms with Gasteiger partial charge in [-0.05, 0) is 37.1 Å². The Labute approximate surface area is 177 Å². The third-order valence-corrected chi connectivity index (χ3v) is 6.32. The largest absolute Gasteiger partial charge is 0.397 e. The monoisotopic (exact) mass is 421 g/mol. The Bertz CT molecular complexity index is 1320. The molecule has 8 heteroatoms. The maximum absolute atomic E-state index is 13.0. The van der Waals surface area contributed by atoms with Crippen molar-refractivity contribution in [3.05, 3.63) is 69.1 Å². The van der Waals surface area contributed by atoms with Crippen LogP contribution in [0.25, 0.3) is 15.9 Å². The lowest BCUT2D eigenvalue weighted by atomic mass is 10.1. The maximum Gasteiger partial charge on any atom is 0.295 e. The molecule has 3 N–H and O–H groups in total. The molecule has 0 radical (unpaired) electrons. The molecule has 0 unspecified atom stereocenters. The van der Waals surface area contributed by atoms with E-state index in [1.165, 1.54) is 16.0 Å². The van der Waals surface area contributed by atoms with Gasteiger partial charge < -0.3 is 11.1 Å². The zero-order valence-electron chi connectivity index (χ0n) is 17.3. The molecule has 0 aliphatic heterocycles. The molecule has 30 heavy (non-hydrogen) atoms. The summed E-state index contributed by atoms with van der Waals surface area (Å²) in [4.78, 5) is 31.8. The number of pyridine rings is 1. The second-order valence-corrected chi connectivity index (χ2v) is 8.48. The summed E-state index contributed by atoms with van der Waals surface area (Å²) in [7, 11) is 1.78. The van der Waals surface area contributed by atoms with Crippen molar-refractivity contribution in [2.75, 3.05) is 11.1 Å². The molecule has 0 aliphatic carbocycles. The van der Waals surface area contributed by atoms with Crippen molar-refractivity contribution in [3.63, 3.8) is 0 Å². The van der Waals surface area contributed by atoms with Gasteiger partial charge in [0.25, 0.3) is 11.5 Å². The normalized spacial score (nSPS) is 11.4. The van der Waals surface area contributed by atoms with Crippen LogP contribution in [0.5, 0.6) is 0 Å². The minimum atomic E-state index is -0.410. The van der Waals surface area contributed by atoms with E-state index >= 15 is 0 Å².